The summed E-state index contributed by atoms with van der Waals surface area (Å²) in [6.45, 7) is 0. The van der Waals surface area contributed by atoms with Gasteiger partial charge in [0.15, 0.2) is 0 Å². The van der Waals surface area contributed by atoms with E-state index in [-0.39, 0.29) is 0 Å². The minimum atomic E-state index is 0.841. The molecule has 3 aromatic heterocycles. The summed E-state index contributed by atoms with van der Waals surface area (Å²) in [5.74, 6) is 0. The van der Waals surface area contributed by atoms with Gasteiger partial charge in [-0.25, -0.2) is 4.98 Å². The lowest BCUT2D eigenvalue weighted by molar-refractivity contribution is 0.668. The second-order valence-corrected chi connectivity index (χ2v) is 11.4. The lowest BCUT2D eigenvalue weighted by Crippen LogP contribution is -2.10. The van der Waals surface area contributed by atoms with Crippen molar-refractivity contribution >= 4 is 82.5 Å². The first-order valence-corrected chi connectivity index (χ1v) is 14.7. The Morgan fingerprint density at radius 3 is 2.07 bits per heavy atom. The van der Waals surface area contributed by atoms with Crippen molar-refractivity contribution in [3.63, 3.8) is 0 Å². The molecular weight excluding hydrogens is 536 g/mol. The van der Waals surface area contributed by atoms with Gasteiger partial charge in [-0.1, -0.05) is 72.8 Å². The van der Waals surface area contributed by atoms with E-state index in [0.29, 0.717) is 0 Å². The first-order valence-electron chi connectivity index (χ1n) is 13.9. The lowest BCUT2D eigenvalue weighted by Gasteiger charge is -2.26. The van der Waals surface area contributed by atoms with Gasteiger partial charge in [0, 0.05) is 27.7 Å². The van der Waals surface area contributed by atoms with E-state index in [1.165, 1.54) is 0 Å². The molecule has 3 heterocycles. The zero-order valence-corrected chi connectivity index (χ0v) is 23.1. The molecule has 4 nitrogen and oxygen atoms in total. The number of nitrogens with zero attached hydrogens (tertiary/aromatic N) is 2. The first-order chi connectivity index (χ1) is 20.8. The van der Waals surface area contributed by atoms with Crippen molar-refractivity contribution in [2.45, 2.75) is 0 Å². The number of anilines is 3. The molecule has 0 unspecified atom stereocenters. The Morgan fingerprint density at radius 1 is 0.524 bits per heavy atom. The number of hydrogen-bond donors (Lipinski definition) is 0. The third kappa shape index (κ3) is 3.51. The Hall–Kier alpha value is -5.39. The van der Waals surface area contributed by atoms with Crippen LogP contribution in [-0.4, -0.2) is 4.98 Å². The Labute approximate surface area is 244 Å². The van der Waals surface area contributed by atoms with Crippen LogP contribution in [0.25, 0.3) is 64.7 Å². The number of thiazole rings is 1. The first kappa shape index (κ1) is 23.3. The van der Waals surface area contributed by atoms with Gasteiger partial charge in [-0.05, 0) is 60.7 Å². The molecule has 9 aromatic rings. The molecule has 5 heteroatoms. The van der Waals surface area contributed by atoms with Gasteiger partial charge in [-0.3, -0.25) is 0 Å². The van der Waals surface area contributed by atoms with Gasteiger partial charge in [0.1, 0.15) is 27.3 Å². The third-order valence-corrected chi connectivity index (χ3v) is 8.96. The molecule has 198 valence electrons. The van der Waals surface area contributed by atoms with Crippen LogP contribution in [0.5, 0.6) is 0 Å². The molecule has 0 saturated heterocycles. The number of aromatic nitrogens is 1. The maximum absolute atomic E-state index is 6.37. The van der Waals surface area contributed by atoms with Crippen LogP contribution in [0.15, 0.2) is 142 Å². The van der Waals surface area contributed by atoms with Crippen LogP contribution in [0.3, 0.4) is 0 Å². The summed E-state index contributed by atoms with van der Waals surface area (Å²) in [6, 6.07) is 46.0. The molecule has 0 bridgehead atoms. The predicted octanol–water partition coefficient (Wildman–Crippen LogP) is 11.2. The van der Waals surface area contributed by atoms with E-state index >= 15 is 0 Å². The fraction of sp³-hybridized carbons (Fsp3) is 0. The van der Waals surface area contributed by atoms with Crippen molar-refractivity contribution in [2.75, 3.05) is 4.90 Å². The highest BCUT2D eigenvalue weighted by Crippen LogP contribution is 2.45. The van der Waals surface area contributed by atoms with Crippen molar-refractivity contribution in [2.24, 2.45) is 0 Å². The number of para-hydroxylation sites is 2. The minimum Gasteiger partial charge on any atom is -0.456 e. The lowest BCUT2D eigenvalue weighted by atomic mass is 10.1. The standard InChI is InChI=1S/C37H22N2O2S/c1-3-10-23(11-4-1)37-38-36-33(42-37)21-20-32-35(36)27-22-25(18-19-30(27)41-32)39(24-12-5-2-6-13-24)28-15-9-17-31-34(28)26-14-7-8-16-29(26)40-31/h1-22H. The Morgan fingerprint density at radius 2 is 1.21 bits per heavy atom. The molecule has 0 aliphatic heterocycles. The number of fused-ring (bicyclic) bond motifs is 8. The summed E-state index contributed by atoms with van der Waals surface area (Å²) in [4.78, 5) is 7.43. The molecule has 0 atom stereocenters. The Bertz CT molecular complexity index is 2420. The summed E-state index contributed by atoms with van der Waals surface area (Å²) >= 11 is 1.71. The van der Waals surface area contributed by atoms with Crippen molar-refractivity contribution in [1.82, 2.24) is 4.98 Å². The van der Waals surface area contributed by atoms with E-state index in [1.54, 1.807) is 11.3 Å². The van der Waals surface area contributed by atoms with Crippen LogP contribution in [0.2, 0.25) is 0 Å². The van der Waals surface area contributed by atoms with E-state index in [1.807, 2.05) is 30.3 Å². The van der Waals surface area contributed by atoms with Crippen LogP contribution in [-0.2, 0) is 0 Å². The highest BCUT2D eigenvalue weighted by atomic mass is 32.1. The molecule has 9 rings (SSSR count). The highest BCUT2D eigenvalue weighted by molar-refractivity contribution is 7.21. The predicted molar refractivity (Wildman–Crippen MR) is 174 cm³/mol. The van der Waals surface area contributed by atoms with Crippen LogP contribution < -0.4 is 4.90 Å². The summed E-state index contributed by atoms with van der Waals surface area (Å²) in [7, 11) is 0. The van der Waals surface area contributed by atoms with E-state index < -0.39 is 0 Å². The second kappa shape index (κ2) is 9.06. The zero-order chi connectivity index (χ0) is 27.6. The Kier molecular flexibility index (Phi) is 5.03. The van der Waals surface area contributed by atoms with Crippen LogP contribution >= 0.6 is 11.3 Å². The van der Waals surface area contributed by atoms with Crippen molar-refractivity contribution in [3.05, 3.63) is 133 Å². The van der Waals surface area contributed by atoms with Gasteiger partial charge in [-0.15, -0.1) is 11.3 Å². The van der Waals surface area contributed by atoms with Crippen LogP contribution in [0.1, 0.15) is 0 Å². The molecule has 0 aliphatic carbocycles. The number of furan rings is 2. The van der Waals surface area contributed by atoms with Gasteiger partial charge in [0.05, 0.1) is 26.7 Å². The van der Waals surface area contributed by atoms with Gasteiger partial charge in [0.25, 0.3) is 0 Å². The maximum atomic E-state index is 6.37. The van der Waals surface area contributed by atoms with Gasteiger partial charge in [-0.2, -0.15) is 0 Å². The van der Waals surface area contributed by atoms with Gasteiger partial charge < -0.3 is 13.7 Å². The van der Waals surface area contributed by atoms with Crippen molar-refractivity contribution in [1.29, 1.82) is 0 Å². The topological polar surface area (TPSA) is 42.4 Å². The van der Waals surface area contributed by atoms with Gasteiger partial charge in [0.2, 0.25) is 0 Å². The second-order valence-electron chi connectivity index (χ2n) is 10.4. The molecule has 0 aliphatic rings. The smallest absolute Gasteiger partial charge is 0.137 e. The quantitative estimate of drug-likeness (QED) is 0.215. The molecule has 6 aromatic carbocycles. The van der Waals surface area contributed by atoms with E-state index in [2.05, 4.69) is 108 Å². The third-order valence-electron chi connectivity index (χ3n) is 7.89. The molecule has 0 amide bonds. The maximum Gasteiger partial charge on any atom is 0.137 e. The van der Waals surface area contributed by atoms with Crippen molar-refractivity contribution in [3.8, 4) is 10.6 Å². The summed E-state index contributed by atoms with van der Waals surface area (Å²) in [5.41, 5.74) is 8.67. The largest absolute Gasteiger partial charge is 0.456 e. The molecule has 0 radical (unpaired) electrons. The molecule has 0 saturated carbocycles. The van der Waals surface area contributed by atoms with Crippen molar-refractivity contribution < 1.29 is 8.83 Å². The molecule has 0 spiro atoms. The van der Waals surface area contributed by atoms with E-state index in [9.17, 15) is 0 Å². The SMILES string of the molecule is c1ccc(-c2nc3c(ccc4oc5ccc(N(c6ccccc6)c6cccc7oc8ccccc8c67)cc5c43)s2)cc1. The highest BCUT2D eigenvalue weighted by Gasteiger charge is 2.21. The van der Waals surface area contributed by atoms with E-state index in [0.717, 1.165) is 81.7 Å². The average Bonchev–Trinajstić information content (AvgIpc) is 3.75. The minimum absolute atomic E-state index is 0.841. The normalized spacial score (nSPS) is 11.8. The average molecular weight is 559 g/mol. The number of benzene rings is 6. The fourth-order valence-corrected chi connectivity index (χ4v) is 7.01. The molecule has 42 heavy (non-hydrogen) atoms. The monoisotopic (exact) mass is 558 g/mol. The van der Waals surface area contributed by atoms with Crippen LogP contribution in [0, 0.1) is 0 Å². The fourth-order valence-electron chi connectivity index (χ4n) is 6.03. The van der Waals surface area contributed by atoms with Crippen LogP contribution in [0.4, 0.5) is 17.1 Å². The number of hydrogen-bond acceptors (Lipinski definition) is 5. The molecule has 0 fully saturated rings. The molecular formula is C37H22N2O2S. The summed E-state index contributed by atoms with van der Waals surface area (Å²) in [6.07, 6.45) is 0. The van der Waals surface area contributed by atoms with E-state index in [4.69, 9.17) is 13.8 Å². The van der Waals surface area contributed by atoms with Gasteiger partial charge >= 0.3 is 0 Å². The summed E-state index contributed by atoms with van der Waals surface area (Å²) in [5, 5.41) is 5.28. The molecule has 0 N–H and O–H groups in total. The number of rotatable bonds is 4. The summed E-state index contributed by atoms with van der Waals surface area (Å²) < 4.78 is 13.8. The zero-order valence-electron chi connectivity index (χ0n) is 22.3. The Balaban J connectivity index is 1.31.